The topological polar surface area (TPSA) is 138 Å². The number of aliphatic hydroxyl groups is 1. The Morgan fingerprint density at radius 2 is 1.34 bits per heavy atom. The summed E-state index contributed by atoms with van der Waals surface area (Å²) in [5.41, 5.74) is 4.43. The van der Waals surface area contributed by atoms with Gasteiger partial charge in [0.2, 0.25) is 0 Å². The Balaban J connectivity index is 0.00000122. The van der Waals surface area contributed by atoms with E-state index in [4.69, 9.17) is 19.3 Å². The summed E-state index contributed by atoms with van der Waals surface area (Å²) < 4.78 is 22.3. The highest BCUT2D eigenvalue weighted by Gasteiger charge is 2.56. The van der Waals surface area contributed by atoms with Crippen LogP contribution in [0.15, 0.2) is 91.0 Å². The van der Waals surface area contributed by atoms with Crippen molar-refractivity contribution in [1.82, 2.24) is 4.90 Å². The van der Waals surface area contributed by atoms with Gasteiger partial charge in [-0.05, 0) is 141 Å². The Bertz CT molecular complexity index is 2270. The smallest absolute Gasteiger partial charge is 0.308 e. The number of nitrogens with zero attached hydrogens (tertiary/aromatic N) is 4. The molecule has 1 aliphatic heterocycles. The lowest BCUT2D eigenvalue weighted by molar-refractivity contribution is -0.147. The first-order valence-electron chi connectivity index (χ1n) is 25.1. The van der Waals surface area contributed by atoms with Crippen LogP contribution in [0.1, 0.15) is 125 Å². The van der Waals surface area contributed by atoms with Crippen LogP contribution in [0.3, 0.4) is 0 Å². The number of morpholine rings is 1. The number of rotatable bonds is 24. The average Bonchev–Trinajstić information content (AvgIpc) is 3.36. The van der Waals surface area contributed by atoms with Gasteiger partial charge in [0.25, 0.3) is 0 Å². The van der Waals surface area contributed by atoms with Crippen molar-refractivity contribution in [3.05, 3.63) is 124 Å². The Kier molecular flexibility index (Phi) is 22.1. The number of Topliss-reactive ketones (excluding diaryl/α,β-unsaturated/α-hetero) is 1. The minimum absolute atomic E-state index is 0.0696. The minimum Gasteiger partial charge on any atom is -0.466 e. The van der Waals surface area contributed by atoms with Crippen molar-refractivity contribution in [2.75, 3.05) is 101 Å². The van der Waals surface area contributed by atoms with Gasteiger partial charge in [-0.3, -0.25) is 24.1 Å². The largest absolute Gasteiger partial charge is 0.466 e. The predicted molar refractivity (Wildman–Crippen MR) is 281 cm³/mol. The molecule has 1 aliphatic rings. The molecule has 382 valence electrons. The van der Waals surface area contributed by atoms with E-state index in [0.717, 1.165) is 48.8 Å². The van der Waals surface area contributed by atoms with Crippen LogP contribution in [0, 0.1) is 0 Å². The zero-order valence-corrected chi connectivity index (χ0v) is 44.0. The zero-order chi connectivity index (χ0) is 51.6. The van der Waals surface area contributed by atoms with Gasteiger partial charge >= 0.3 is 11.9 Å². The maximum atomic E-state index is 16.0. The van der Waals surface area contributed by atoms with E-state index in [1.807, 2.05) is 105 Å². The van der Waals surface area contributed by atoms with Crippen LogP contribution in [0.4, 0.5) is 17.1 Å². The molecule has 13 nitrogen and oxygen atoms in total. The van der Waals surface area contributed by atoms with Gasteiger partial charge in [0, 0.05) is 97.5 Å². The third kappa shape index (κ3) is 13.6. The summed E-state index contributed by atoms with van der Waals surface area (Å²) in [7, 11) is 3.93. The zero-order valence-electron chi connectivity index (χ0n) is 44.0. The van der Waals surface area contributed by atoms with Gasteiger partial charge < -0.3 is 38.8 Å². The number of anilines is 3. The van der Waals surface area contributed by atoms with Crippen molar-refractivity contribution < 1.29 is 43.2 Å². The van der Waals surface area contributed by atoms with E-state index in [1.165, 1.54) is 6.92 Å². The number of carbonyl (C=O) groups excluding carboxylic acids is 4. The molecule has 0 aromatic heterocycles. The monoisotopic (exact) mass is 965 g/mol. The Labute approximate surface area is 418 Å². The molecule has 0 bridgehead atoms. The molecular weight excluding hydrogens is 885 g/mol. The van der Waals surface area contributed by atoms with Crippen molar-refractivity contribution in [3.63, 3.8) is 0 Å². The highest BCUT2D eigenvalue weighted by molar-refractivity contribution is 6.12. The fourth-order valence-electron chi connectivity index (χ4n) is 9.83. The van der Waals surface area contributed by atoms with Crippen molar-refractivity contribution in [2.24, 2.45) is 0 Å². The molecule has 0 aliphatic carbocycles. The maximum absolute atomic E-state index is 16.0. The first-order chi connectivity index (χ1) is 33.5. The Morgan fingerprint density at radius 1 is 0.757 bits per heavy atom. The maximum Gasteiger partial charge on any atom is 0.308 e. The lowest BCUT2D eigenvalue weighted by atomic mass is 9.58. The average molecular weight is 965 g/mol. The Morgan fingerprint density at radius 3 is 1.84 bits per heavy atom. The molecule has 13 heteroatoms. The third-order valence-corrected chi connectivity index (χ3v) is 13.4. The molecular formula is C57H80N4O9. The van der Waals surface area contributed by atoms with Crippen LogP contribution in [0.25, 0.3) is 0 Å². The molecule has 4 aromatic rings. The second-order valence-electron chi connectivity index (χ2n) is 18.2. The number of likely N-dealkylation sites (N-methyl/N-ethyl adjacent to an activating group) is 1. The molecule has 1 heterocycles. The Hall–Kier alpha value is -5.60. The summed E-state index contributed by atoms with van der Waals surface area (Å²) >= 11 is 0. The number of ketones is 2. The van der Waals surface area contributed by atoms with Crippen LogP contribution in [0.2, 0.25) is 0 Å². The first-order valence-corrected chi connectivity index (χ1v) is 25.1. The van der Waals surface area contributed by atoms with E-state index in [1.54, 1.807) is 13.8 Å². The fraction of sp³-hybridized carbons (Fsp3) is 0.509. The molecule has 0 amide bonds. The number of hydrogen-bond acceptors (Lipinski definition) is 13. The highest BCUT2D eigenvalue weighted by atomic mass is 16.6. The van der Waals surface area contributed by atoms with Crippen molar-refractivity contribution >= 4 is 40.6 Å². The fourth-order valence-corrected chi connectivity index (χ4v) is 9.83. The van der Waals surface area contributed by atoms with E-state index < -0.39 is 23.0 Å². The van der Waals surface area contributed by atoms with E-state index in [0.29, 0.717) is 67.1 Å². The van der Waals surface area contributed by atoms with Crippen LogP contribution in [-0.2, 0) is 40.4 Å². The summed E-state index contributed by atoms with van der Waals surface area (Å²) in [6.45, 7) is 25.6. The SMILES string of the molecule is CC(=O)OC(C)CO.CCOC(=O)CC(OCC)c1c(N(CC)CC)ccc(C(=O)c2ccc(N(CC)CC)cc2)c1C(C)(C)C(Cc1ccccc1)(C(=O)c1ccc(N2CCOCC2)cc1)N(C)C. The molecule has 0 spiro atoms. The van der Waals surface area contributed by atoms with Crippen molar-refractivity contribution in [3.8, 4) is 0 Å². The summed E-state index contributed by atoms with van der Waals surface area (Å²) in [4.78, 5) is 63.9. The van der Waals surface area contributed by atoms with E-state index in [9.17, 15) is 9.59 Å². The first kappa shape index (κ1) is 57.0. The third-order valence-electron chi connectivity index (χ3n) is 13.4. The molecule has 0 radical (unpaired) electrons. The summed E-state index contributed by atoms with van der Waals surface area (Å²) in [5.74, 6) is -1.01. The number of aliphatic hydroxyl groups excluding tert-OH is 1. The van der Waals surface area contributed by atoms with Gasteiger partial charge in [0.1, 0.15) is 6.10 Å². The number of ether oxygens (including phenoxy) is 4. The highest BCUT2D eigenvalue weighted by Crippen LogP contribution is 2.50. The summed E-state index contributed by atoms with van der Waals surface area (Å²) in [6, 6.07) is 29.8. The molecule has 4 aromatic carbocycles. The van der Waals surface area contributed by atoms with Crippen LogP contribution < -0.4 is 14.7 Å². The summed E-state index contributed by atoms with van der Waals surface area (Å²) in [6.07, 6.45) is -0.899. The second kappa shape index (κ2) is 27.1. The number of benzene rings is 4. The number of hydrogen-bond donors (Lipinski definition) is 1. The second-order valence-corrected chi connectivity index (χ2v) is 18.2. The van der Waals surface area contributed by atoms with Crippen molar-refractivity contribution in [1.29, 1.82) is 0 Å². The van der Waals surface area contributed by atoms with Gasteiger partial charge in [0.15, 0.2) is 11.6 Å². The standard InChI is InChI=1S/C52H70N4O6.C5H10O3/c1-11-54(12-2)41-26-22-39(23-27-41)49(58)43-30-31-44(55(13-3)14-4)47(45(61-15-5)36-46(57)62-16-6)48(43)51(7,8)52(53(9)10,37-38-20-18-17-19-21-38)50(59)40-24-28-42(29-25-40)56-32-34-60-35-33-56;1-4(3-6)8-5(2)7/h17-31,45H,11-16,32-37H2,1-10H3;4,6H,3H2,1-2H3. The number of esters is 2. The lowest BCUT2D eigenvalue weighted by Gasteiger charge is -2.52. The van der Waals surface area contributed by atoms with E-state index >= 15 is 9.59 Å². The molecule has 3 unspecified atom stereocenters. The molecule has 0 saturated carbocycles. The van der Waals surface area contributed by atoms with Gasteiger partial charge in [-0.2, -0.15) is 0 Å². The number of carbonyl (C=O) groups is 4. The molecule has 1 saturated heterocycles. The van der Waals surface area contributed by atoms with Gasteiger partial charge in [0.05, 0.1) is 44.5 Å². The molecule has 1 fully saturated rings. The van der Waals surface area contributed by atoms with E-state index in [2.05, 4.69) is 73.1 Å². The molecule has 3 atom stereocenters. The minimum atomic E-state index is -1.28. The molecule has 70 heavy (non-hydrogen) atoms. The van der Waals surface area contributed by atoms with Crippen LogP contribution >= 0.6 is 0 Å². The van der Waals surface area contributed by atoms with Crippen molar-refractivity contribution in [2.45, 2.75) is 105 Å². The normalized spacial score (nSPS) is 14.4. The lowest BCUT2D eigenvalue weighted by Crippen LogP contribution is -2.64. The van der Waals surface area contributed by atoms with Gasteiger partial charge in [-0.15, -0.1) is 0 Å². The predicted octanol–water partition coefficient (Wildman–Crippen LogP) is 9.11. The van der Waals surface area contributed by atoms with E-state index in [-0.39, 0.29) is 43.3 Å². The van der Waals surface area contributed by atoms with Gasteiger partial charge in [-0.1, -0.05) is 44.2 Å². The van der Waals surface area contributed by atoms with Gasteiger partial charge in [-0.25, -0.2) is 0 Å². The molecule has 5 rings (SSSR count). The van der Waals surface area contributed by atoms with Crippen LogP contribution in [0.5, 0.6) is 0 Å². The summed E-state index contributed by atoms with van der Waals surface area (Å²) in [5, 5.41) is 8.31. The van der Waals surface area contributed by atoms with Crippen LogP contribution in [-0.4, -0.2) is 132 Å². The quantitative estimate of drug-likeness (QED) is 0.0528. The molecule has 1 N–H and O–H groups in total.